The van der Waals surface area contributed by atoms with Crippen molar-refractivity contribution in [2.24, 2.45) is 0 Å². The molecule has 0 unspecified atom stereocenters. The number of carbonyl (C=O) groups excluding carboxylic acids is 1. The molecule has 0 N–H and O–H groups in total. The van der Waals surface area contributed by atoms with Crippen LogP contribution in [0.5, 0.6) is 6.01 Å². The summed E-state index contributed by atoms with van der Waals surface area (Å²) in [5.74, 6) is -0.487. The third-order valence-corrected chi connectivity index (χ3v) is 2.96. The fourth-order valence-corrected chi connectivity index (χ4v) is 1.96. The van der Waals surface area contributed by atoms with E-state index in [1.54, 1.807) is 23.9 Å². The summed E-state index contributed by atoms with van der Waals surface area (Å²) in [6, 6.07) is 0.190. The zero-order chi connectivity index (χ0) is 13.8. The molecule has 2 heterocycles. The van der Waals surface area contributed by atoms with Crippen LogP contribution in [0, 0.1) is 5.82 Å². The summed E-state index contributed by atoms with van der Waals surface area (Å²) in [6.45, 7) is 1.28. The smallest absolute Gasteiger partial charge is 0.319 e. The lowest BCUT2D eigenvalue weighted by Gasteiger charge is -2.33. The minimum Gasteiger partial charge on any atom is -0.460 e. The van der Waals surface area contributed by atoms with Gasteiger partial charge >= 0.3 is 12.0 Å². The summed E-state index contributed by atoms with van der Waals surface area (Å²) >= 11 is 0. The molecule has 0 saturated carbocycles. The fraction of sp³-hybridized carbons (Fsp3) is 0.583. The van der Waals surface area contributed by atoms with Crippen LogP contribution >= 0.6 is 0 Å². The third kappa shape index (κ3) is 3.52. The van der Waals surface area contributed by atoms with Crippen molar-refractivity contribution in [3.8, 4) is 6.01 Å². The van der Waals surface area contributed by atoms with Crippen molar-refractivity contribution in [1.29, 1.82) is 0 Å². The number of piperidine rings is 1. The van der Waals surface area contributed by atoms with Crippen LogP contribution in [0.15, 0.2) is 12.4 Å². The van der Waals surface area contributed by atoms with Crippen molar-refractivity contribution in [2.45, 2.75) is 18.9 Å². The van der Waals surface area contributed by atoms with Crippen molar-refractivity contribution in [1.82, 2.24) is 19.8 Å². The largest absolute Gasteiger partial charge is 0.460 e. The van der Waals surface area contributed by atoms with Crippen LogP contribution in [0.25, 0.3) is 0 Å². The standard InChI is InChI=1S/C12H17FN4O2/c1-16(2)12(18)17-5-3-10(4-6-17)19-11-14-7-9(13)8-15-11/h7-8,10H,3-6H2,1-2H3. The van der Waals surface area contributed by atoms with Crippen molar-refractivity contribution >= 4 is 6.03 Å². The van der Waals surface area contributed by atoms with Crippen LogP contribution in [0.3, 0.4) is 0 Å². The molecule has 2 amide bonds. The van der Waals surface area contributed by atoms with E-state index in [9.17, 15) is 9.18 Å². The second-order valence-corrected chi connectivity index (χ2v) is 4.67. The molecule has 19 heavy (non-hydrogen) atoms. The number of aromatic nitrogens is 2. The van der Waals surface area contributed by atoms with Crippen molar-refractivity contribution < 1.29 is 13.9 Å². The molecule has 7 heteroatoms. The summed E-state index contributed by atoms with van der Waals surface area (Å²) in [5.41, 5.74) is 0. The Balaban J connectivity index is 1.83. The third-order valence-electron chi connectivity index (χ3n) is 2.96. The monoisotopic (exact) mass is 268 g/mol. The van der Waals surface area contributed by atoms with E-state index in [-0.39, 0.29) is 18.1 Å². The highest BCUT2D eigenvalue weighted by molar-refractivity contribution is 5.73. The van der Waals surface area contributed by atoms with E-state index in [2.05, 4.69) is 9.97 Å². The number of rotatable bonds is 2. The maximum Gasteiger partial charge on any atom is 0.319 e. The number of amides is 2. The Morgan fingerprint density at radius 1 is 1.37 bits per heavy atom. The molecule has 1 fully saturated rings. The van der Waals surface area contributed by atoms with Gasteiger partial charge in [-0.15, -0.1) is 0 Å². The highest BCUT2D eigenvalue weighted by atomic mass is 19.1. The van der Waals surface area contributed by atoms with Crippen molar-refractivity contribution in [3.63, 3.8) is 0 Å². The minimum absolute atomic E-state index is 0.0106. The van der Waals surface area contributed by atoms with Crippen molar-refractivity contribution in [2.75, 3.05) is 27.2 Å². The Kier molecular flexibility index (Phi) is 4.13. The van der Waals surface area contributed by atoms with Gasteiger partial charge < -0.3 is 14.5 Å². The van der Waals surface area contributed by atoms with Gasteiger partial charge in [0.15, 0.2) is 5.82 Å². The molecule has 1 aromatic rings. The Morgan fingerprint density at radius 3 is 2.47 bits per heavy atom. The topological polar surface area (TPSA) is 58.6 Å². The van der Waals surface area contributed by atoms with Gasteiger partial charge in [0.25, 0.3) is 0 Å². The number of hydrogen-bond donors (Lipinski definition) is 0. The van der Waals surface area contributed by atoms with E-state index in [0.29, 0.717) is 13.1 Å². The van der Waals surface area contributed by atoms with Gasteiger partial charge in [-0.25, -0.2) is 19.2 Å². The van der Waals surface area contributed by atoms with Gasteiger partial charge in [-0.2, -0.15) is 0 Å². The predicted octanol–water partition coefficient (Wildman–Crippen LogP) is 1.14. The zero-order valence-electron chi connectivity index (χ0n) is 11.0. The molecule has 6 nitrogen and oxygen atoms in total. The molecule has 0 atom stereocenters. The lowest BCUT2D eigenvalue weighted by Crippen LogP contribution is -2.46. The van der Waals surface area contributed by atoms with Crippen LogP contribution in [-0.2, 0) is 0 Å². The molecule has 2 rings (SSSR count). The van der Waals surface area contributed by atoms with Crippen LogP contribution < -0.4 is 4.74 Å². The summed E-state index contributed by atoms with van der Waals surface area (Å²) in [7, 11) is 3.47. The number of nitrogens with zero attached hydrogens (tertiary/aromatic N) is 4. The lowest BCUT2D eigenvalue weighted by molar-refractivity contribution is 0.0946. The first kappa shape index (κ1) is 13.5. The van der Waals surface area contributed by atoms with Gasteiger partial charge in [0.2, 0.25) is 0 Å². The molecule has 1 saturated heterocycles. The molecule has 0 spiro atoms. The van der Waals surface area contributed by atoms with E-state index in [0.717, 1.165) is 25.2 Å². The second-order valence-electron chi connectivity index (χ2n) is 4.67. The highest BCUT2D eigenvalue weighted by Gasteiger charge is 2.25. The first-order valence-corrected chi connectivity index (χ1v) is 6.16. The maximum absolute atomic E-state index is 12.7. The Morgan fingerprint density at radius 2 is 1.95 bits per heavy atom. The molecule has 0 aliphatic carbocycles. The van der Waals surface area contributed by atoms with E-state index >= 15 is 0 Å². The summed E-state index contributed by atoms with van der Waals surface area (Å²) in [6.07, 6.45) is 3.57. The van der Waals surface area contributed by atoms with Crippen LogP contribution in [-0.4, -0.2) is 59.1 Å². The number of halogens is 1. The molecule has 0 aromatic carbocycles. The normalized spacial score (nSPS) is 16.3. The SMILES string of the molecule is CN(C)C(=O)N1CCC(Oc2ncc(F)cn2)CC1. The van der Waals surface area contributed by atoms with Gasteiger partial charge in [0.1, 0.15) is 6.10 Å². The van der Waals surface area contributed by atoms with Crippen LogP contribution in [0.1, 0.15) is 12.8 Å². The van der Waals surface area contributed by atoms with Gasteiger partial charge in [-0.1, -0.05) is 0 Å². The minimum atomic E-state index is -0.487. The van der Waals surface area contributed by atoms with Gasteiger partial charge in [-0.3, -0.25) is 0 Å². The number of ether oxygens (including phenoxy) is 1. The number of urea groups is 1. The van der Waals surface area contributed by atoms with E-state index in [1.165, 1.54) is 0 Å². The Hall–Kier alpha value is -1.92. The Labute approximate surface area is 111 Å². The first-order valence-electron chi connectivity index (χ1n) is 6.16. The summed E-state index contributed by atoms with van der Waals surface area (Å²) < 4.78 is 18.2. The maximum atomic E-state index is 12.7. The first-order chi connectivity index (χ1) is 9.06. The molecule has 0 bridgehead atoms. The zero-order valence-corrected chi connectivity index (χ0v) is 11.0. The van der Waals surface area contributed by atoms with Gasteiger partial charge in [0.05, 0.1) is 12.4 Å². The molecular weight excluding hydrogens is 251 g/mol. The van der Waals surface area contributed by atoms with Crippen molar-refractivity contribution in [3.05, 3.63) is 18.2 Å². The number of carbonyl (C=O) groups is 1. The van der Waals surface area contributed by atoms with Gasteiger partial charge in [-0.05, 0) is 0 Å². The fourth-order valence-electron chi connectivity index (χ4n) is 1.96. The lowest BCUT2D eigenvalue weighted by atomic mass is 10.1. The number of likely N-dealkylation sites (tertiary alicyclic amines) is 1. The van der Waals surface area contributed by atoms with Crippen LogP contribution in [0.2, 0.25) is 0 Å². The molecule has 0 radical (unpaired) electrons. The molecule has 1 aliphatic rings. The predicted molar refractivity (Wildman–Crippen MR) is 66.3 cm³/mol. The van der Waals surface area contributed by atoms with E-state index in [1.807, 2.05) is 0 Å². The van der Waals surface area contributed by atoms with E-state index in [4.69, 9.17) is 4.74 Å². The van der Waals surface area contributed by atoms with E-state index < -0.39 is 5.82 Å². The molecular formula is C12H17FN4O2. The Bertz CT molecular complexity index is 430. The van der Waals surface area contributed by atoms with Crippen LogP contribution in [0.4, 0.5) is 9.18 Å². The van der Waals surface area contributed by atoms with Gasteiger partial charge in [0, 0.05) is 40.0 Å². The quantitative estimate of drug-likeness (QED) is 0.807. The summed E-state index contributed by atoms with van der Waals surface area (Å²) in [4.78, 5) is 22.6. The molecule has 104 valence electrons. The average Bonchev–Trinajstić information content (AvgIpc) is 2.41. The highest BCUT2D eigenvalue weighted by Crippen LogP contribution is 2.16. The molecule has 1 aromatic heterocycles. The molecule has 1 aliphatic heterocycles. The average molecular weight is 268 g/mol. The summed E-state index contributed by atoms with van der Waals surface area (Å²) in [5, 5.41) is 0. The number of hydrogen-bond acceptors (Lipinski definition) is 4. The second kappa shape index (κ2) is 5.81.